The van der Waals surface area contributed by atoms with Crippen molar-refractivity contribution in [2.45, 2.75) is 25.2 Å². The topological polar surface area (TPSA) is 89.0 Å². The molecule has 0 radical (unpaired) electrons. The summed E-state index contributed by atoms with van der Waals surface area (Å²) in [5.74, 6) is 0. The van der Waals surface area contributed by atoms with Crippen molar-refractivity contribution < 1.29 is 9.84 Å². The molecule has 7 nitrogen and oxygen atoms in total. The fraction of sp³-hybridized carbons (Fsp3) is 0.545. The molecule has 96 valence electrons. The SMILES string of the molecule is Cn1cnc2c(ncn2[C@H]2CC[C@@H](CO)O2)c1=N. The highest BCUT2D eigenvalue weighted by Crippen LogP contribution is 2.29. The number of nitrogens with zero attached hydrogens (tertiary/aromatic N) is 4. The Morgan fingerprint density at radius 1 is 1.44 bits per heavy atom. The Morgan fingerprint density at radius 2 is 2.28 bits per heavy atom. The third kappa shape index (κ3) is 1.63. The van der Waals surface area contributed by atoms with Crippen LogP contribution in [-0.2, 0) is 11.8 Å². The van der Waals surface area contributed by atoms with E-state index in [4.69, 9.17) is 15.3 Å². The normalized spacial score (nSPS) is 23.9. The Kier molecular flexibility index (Phi) is 2.64. The zero-order valence-corrected chi connectivity index (χ0v) is 10.1. The van der Waals surface area contributed by atoms with Gasteiger partial charge in [0.15, 0.2) is 11.1 Å². The van der Waals surface area contributed by atoms with E-state index in [1.807, 2.05) is 4.57 Å². The van der Waals surface area contributed by atoms with E-state index < -0.39 is 0 Å². The van der Waals surface area contributed by atoms with Crippen molar-refractivity contribution in [3.05, 3.63) is 18.1 Å². The molecule has 0 amide bonds. The van der Waals surface area contributed by atoms with Gasteiger partial charge in [0.05, 0.1) is 25.4 Å². The van der Waals surface area contributed by atoms with E-state index in [9.17, 15) is 0 Å². The first-order valence-corrected chi connectivity index (χ1v) is 5.90. The summed E-state index contributed by atoms with van der Waals surface area (Å²) in [7, 11) is 1.77. The minimum absolute atomic E-state index is 0.0369. The summed E-state index contributed by atoms with van der Waals surface area (Å²) < 4.78 is 9.15. The van der Waals surface area contributed by atoms with Gasteiger partial charge in [-0.25, -0.2) is 9.97 Å². The minimum Gasteiger partial charge on any atom is -0.394 e. The maximum absolute atomic E-state index is 9.08. The predicted molar refractivity (Wildman–Crippen MR) is 62.6 cm³/mol. The first-order chi connectivity index (χ1) is 8.70. The first kappa shape index (κ1) is 11.4. The maximum Gasteiger partial charge on any atom is 0.167 e. The highest BCUT2D eigenvalue weighted by atomic mass is 16.5. The molecule has 7 heteroatoms. The zero-order chi connectivity index (χ0) is 12.7. The van der Waals surface area contributed by atoms with E-state index in [-0.39, 0.29) is 18.9 Å². The fourth-order valence-electron chi connectivity index (χ4n) is 2.25. The van der Waals surface area contributed by atoms with Crippen molar-refractivity contribution in [2.24, 2.45) is 7.05 Å². The van der Waals surface area contributed by atoms with Gasteiger partial charge in [-0.3, -0.25) is 9.98 Å². The van der Waals surface area contributed by atoms with Crippen LogP contribution in [0.4, 0.5) is 0 Å². The number of aliphatic hydroxyl groups is 1. The maximum atomic E-state index is 9.08. The van der Waals surface area contributed by atoms with Gasteiger partial charge in [0.1, 0.15) is 11.7 Å². The molecule has 2 N–H and O–H groups in total. The van der Waals surface area contributed by atoms with Crippen LogP contribution >= 0.6 is 0 Å². The lowest BCUT2D eigenvalue weighted by atomic mass is 10.2. The van der Waals surface area contributed by atoms with Crippen LogP contribution in [0, 0.1) is 5.41 Å². The number of nitrogens with one attached hydrogen (secondary N) is 1. The standard InChI is InChI=1S/C11H15N5O2/c1-15-5-14-11-9(10(15)12)13-6-16(11)8-3-2-7(4-17)18-8/h5-8,12,17H,2-4H2,1H3/t7-,8+/m0/s1. The molecule has 0 aromatic carbocycles. The smallest absolute Gasteiger partial charge is 0.167 e. The molecule has 0 aliphatic carbocycles. The van der Waals surface area contributed by atoms with Gasteiger partial charge in [0, 0.05) is 7.05 Å². The molecule has 1 aliphatic heterocycles. The highest BCUT2D eigenvalue weighted by molar-refractivity contribution is 5.68. The van der Waals surface area contributed by atoms with Gasteiger partial charge < -0.3 is 14.4 Å². The monoisotopic (exact) mass is 249 g/mol. The van der Waals surface area contributed by atoms with Crippen LogP contribution in [0.5, 0.6) is 0 Å². The van der Waals surface area contributed by atoms with Gasteiger partial charge in [-0.05, 0) is 12.8 Å². The summed E-state index contributed by atoms with van der Waals surface area (Å²) in [6.45, 7) is 0.0369. The lowest BCUT2D eigenvalue weighted by Crippen LogP contribution is -2.18. The first-order valence-electron chi connectivity index (χ1n) is 5.90. The Morgan fingerprint density at radius 3 is 3.00 bits per heavy atom. The van der Waals surface area contributed by atoms with E-state index in [0.717, 1.165) is 12.8 Å². The van der Waals surface area contributed by atoms with E-state index in [1.54, 1.807) is 24.3 Å². The van der Waals surface area contributed by atoms with Crippen molar-refractivity contribution in [2.75, 3.05) is 6.61 Å². The molecule has 0 bridgehead atoms. The molecule has 2 aromatic rings. The number of fused-ring (bicyclic) bond motifs is 1. The number of rotatable bonds is 2. The summed E-state index contributed by atoms with van der Waals surface area (Å²) in [5, 5.41) is 17.0. The van der Waals surface area contributed by atoms with Gasteiger partial charge >= 0.3 is 0 Å². The molecule has 0 spiro atoms. The largest absolute Gasteiger partial charge is 0.394 e. The van der Waals surface area contributed by atoms with Crippen molar-refractivity contribution in [1.82, 2.24) is 19.1 Å². The van der Waals surface area contributed by atoms with E-state index in [0.29, 0.717) is 16.7 Å². The summed E-state index contributed by atoms with van der Waals surface area (Å²) in [4.78, 5) is 8.52. The van der Waals surface area contributed by atoms with Crippen LogP contribution in [0.25, 0.3) is 11.2 Å². The molecule has 1 aliphatic rings. The van der Waals surface area contributed by atoms with Crippen molar-refractivity contribution in [3.8, 4) is 0 Å². The molecule has 3 rings (SSSR count). The predicted octanol–water partition coefficient (Wildman–Crippen LogP) is -0.0808. The van der Waals surface area contributed by atoms with E-state index >= 15 is 0 Å². The number of imidazole rings is 1. The van der Waals surface area contributed by atoms with Crippen LogP contribution in [0.1, 0.15) is 19.1 Å². The van der Waals surface area contributed by atoms with Crippen LogP contribution in [0.3, 0.4) is 0 Å². The second kappa shape index (κ2) is 4.18. The van der Waals surface area contributed by atoms with Crippen LogP contribution in [0.15, 0.2) is 12.7 Å². The average molecular weight is 249 g/mol. The lowest BCUT2D eigenvalue weighted by molar-refractivity contribution is -0.0207. The number of hydrogen-bond acceptors (Lipinski definition) is 5. The zero-order valence-electron chi connectivity index (χ0n) is 10.1. The lowest BCUT2D eigenvalue weighted by Gasteiger charge is -2.13. The molecule has 3 heterocycles. The number of aliphatic hydroxyl groups excluding tert-OH is 1. The van der Waals surface area contributed by atoms with Gasteiger partial charge in [-0.2, -0.15) is 0 Å². The molecular formula is C11H15N5O2. The molecular weight excluding hydrogens is 234 g/mol. The second-order valence-electron chi connectivity index (χ2n) is 4.50. The van der Waals surface area contributed by atoms with Crippen molar-refractivity contribution in [1.29, 1.82) is 5.41 Å². The number of aromatic nitrogens is 4. The van der Waals surface area contributed by atoms with Crippen LogP contribution < -0.4 is 5.49 Å². The minimum atomic E-state index is -0.147. The molecule has 2 aromatic heterocycles. The third-order valence-corrected chi connectivity index (χ3v) is 3.30. The van der Waals surface area contributed by atoms with Crippen molar-refractivity contribution in [3.63, 3.8) is 0 Å². The van der Waals surface area contributed by atoms with Crippen LogP contribution in [-0.4, -0.2) is 36.9 Å². The molecule has 0 saturated carbocycles. The molecule has 1 fully saturated rings. The Balaban J connectivity index is 2.04. The van der Waals surface area contributed by atoms with Gasteiger partial charge in [-0.1, -0.05) is 0 Å². The average Bonchev–Trinajstić information content (AvgIpc) is 2.99. The summed E-state index contributed by atoms with van der Waals surface area (Å²) >= 11 is 0. The number of aryl methyl sites for hydroxylation is 1. The number of ether oxygens (including phenoxy) is 1. The Labute approximate surface area is 103 Å². The van der Waals surface area contributed by atoms with E-state index in [2.05, 4.69) is 9.97 Å². The van der Waals surface area contributed by atoms with Gasteiger partial charge in [-0.15, -0.1) is 0 Å². The molecule has 2 atom stereocenters. The molecule has 18 heavy (non-hydrogen) atoms. The Bertz CT molecular complexity index is 632. The fourth-order valence-corrected chi connectivity index (χ4v) is 2.25. The van der Waals surface area contributed by atoms with Crippen molar-refractivity contribution >= 4 is 11.2 Å². The quantitative estimate of drug-likeness (QED) is 0.779. The summed E-state index contributed by atoms with van der Waals surface area (Å²) in [6, 6.07) is 0. The molecule has 0 unspecified atom stereocenters. The van der Waals surface area contributed by atoms with Gasteiger partial charge in [0.2, 0.25) is 0 Å². The summed E-state index contributed by atoms with van der Waals surface area (Å²) in [6.07, 6.45) is 4.65. The Hall–Kier alpha value is -1.73. The number of hydrogen-bond donors (Lipinski definition) is 2. The molecule has 1 saturated heterocycles. The van der Waals surface area contributed by atoms with Gasteiger partial charge in [0.25, 0.3) is 0 Å². The second-order valence-corrected chi connectivity index (χ2v) is 4.50. The third-order valence-electron chi connectivity index (χ3n) is 3.30. The van der Waals surface area contributed by atoms with E-state index in [1.165, 1.54) is 0 Å². The highest BCUT2D eigenvalue weighted by Gasteiger charge is 2.27. The summed E-state index contributed by atoms with van der Waals surface area (Å²) in [5.41, 5.74) is 1.55. The van der Waals surface area contributed by atoms with Crippen LogP contribution in [0.2, 0.25) is 0 Å².